The van der Waals surface area contributed by atoms with Gasteiger partial charge in [-0.05, 0) is 58.7 Å². The van der Waals surface area contributed by atoms with Crippen LogP contribution in [-0.4, -0.2) is 6.54 Å². The summed E-state index contributed by atoms with van der Waals surface area (Å²) < 4.78 is 46.3. The van der Waals surface area contributed by atoms with Crippen LogP contribution in [-0.2, 0) is 6.42 Å². The standard InChI is InChI=1S/C14H11BrF3NO/c15-10-2-1-9(16)7-13(10)20-14-11(17)5-8(3-4-19)6-12(14)18/h1-2,5-7H,3-4,19H2. The fourth-order valence-corrected chi connectivity index (χ4v) is 2.01. The monoisotopic (exact) mass is 345 g/mol. The number of ether oxygens (including phenoxy) is 1. The van der Waals surface area contributed by atoms with Crippen LogP contribution in [0, 0.1) is 17.5 Å². The fourth-order valence-electron chi connectivity index (χ4n) is 1.69. The first kappa shape index (κ1) is 14.9. The van der Waals surface area contributed by atoms with Crippen LogP contribution in [0.4, 0.5) is 13.2 Å². The molecule has 0 aromatic heterocycles. The third-order valence-electron chi connectivity index (χ3n) is 2.60. The highest BCUT2D eigenvalue weighted by Crippen LogP contribution is 2.33. The Labute approximate surface area is 122 Å². The lowest BCUT2D eigenvalue weighted by Gasteiger charge is -2.11. The average molecular weight is 346 g/mol. The van der Waals surface area contributed by atoms with Crippen molar-refractivity contribution in [1.82, 2.24) is 0 Å². The topological polar surface area (TPSA) is 35.2 Å². The third-order valence-corrected chi connectivity index (χ3v) is 3.25. The molecule has 0 aliphatic rings. The molecule has 0 aliphatic heterocycles. The second-order valence-electron chi connectivity index (χ2n) is 4.10. The lowest BCUT2D eigenvalue weighted by Crippen LogP contribution is -2.04. The van der Waals surface area contributed by atoms with Crippen molar-refractivity contribution in [2.75, 3.05) is 6.54 Å². The minimum atomic E-state index is -0.857. The van der Waals surface area contributed by atoms with Crippen LogP contribution in [0.15, 0.2) is 34.8 Å². The first-order valence-electron chi connectivity index (χ1n) is 5.82. The maximum absolute atomic E-state index is 13.8. The molecule has 6 heteroatoms. The fraction of sp³-hybridized carbons (Fsp3) is 0.143. The summed E-state index contributed by atoms with van der Waals surface area (Å²) in [6.07, 6.45) is 0.359. The zero-order valence-corrected chi connectivity index (χ0v) is 11.9. The molecule has 0 fully saturated rings. The van der Waals surface area contributed by atoms with Crippen molar-refractivity contribution >= 4 is 15.9 Å². The van der Waals surface area contributed by atoms with Gasteiger partial charge in [-0.15, -0.1) is 0 Å². The van der Waals surface area contributed by atoms with Crippen molar-refractivity contribution in [3.05, 3.63) is 57.8 Å². The van der Waals surface area contributed by atoms with Crippen LogP contribution in [0.25, 0.3) is 0 Å². The summed E-state index contributed by atoms with van der Waals surface area (Å²) in [7, 11) is 0. The molecule has 0 heterocycles. The average Bonchev–Trinajstić information content (AvgIpc) is 2.38. The van der Waals surface area contributed by atoms with E-state index in [9.17, 15) is 13.2 Å². The minimum absolute atomic E-state index is 0.00521. The Hall–Kier alpha value is -1.53. The van der Waals surface area contributed by atoms with Gasteiger partial charge in [-0.2, -0.15) is 0 Å². The summed E-state index contributed by atoms with van der Waals surface area (Å²) in [6.45, 7) is 0.286. The molecule has 20 heavy (non-hydrogen) atoms. The molecule has 2 N–H and O–H groups in total. The lowest BCUT2D eigenvalue weighted by atomic mass is 10.1. The Morgan fingerprint density at radius 2 is 1.70 bits per heavy atom. The molecule has 0 amide bonds. The molecule has 106 valence electrons. The van der Waals surface area contributed by atoms with Gasteiger partial charge in [0.25, 0.3) is 0 Å². The van der Waals surface area contributed by atoms with E-state index in [0.717, 1.165) is 18.2 Å². The summed E-state index contributed by atoms with van der Waals surface area (Å²) in [6, 6.07) is 5.94. The van der Waals surface area contributed by atoms with Crippen LogP contribution in [0.1, 0.15) is 5.56 Å². The lowest BCUT2D eigenvalue weighted by molar-refractivity contribution is 0.402. The number of hydrogen-bond acceptors (Lipinski definition) is 2. The number of nitrogens with two attached hydrogens (primary N) is 1. The van der Waals surface area contributed by atoms with Gasteiger partial charge >= 0.3 is 0 Å². The van der Waals surface area contributed by atoms with E-state index in [0.29, 0.717) is 16.5 Å². The molecule has 0 saturated carbocycles. The molecule has 0 unspecified atom stereocenters. The van der Waals surface area contributed by atoms with Gasteiger partial charge in [0.2, 0.25) is 0 Å². The number of hydrogen-bond donors (Lipinski definition) is 1. The molecule has 0 bridgehead atoms. The smallest absolute Gasteiger partial charge is 0.198 e. The molecular weight excluding hydrogens is 335 g/mol. The van der Waals surface area contributed by atoms with Gasteiger partial charge in [-0.1, -0.05) is 0 Å². The van der Waals surface area contributed by atoms with Gasteiger partial charge in [0.15, 0.2) is 17.4 Å². The van der Waals surface area contributed by atoms with Crippen LogP contribution >= 0.6 is 15.9 Å². The van der Waals surface area contributed by atoms with Crippen molar-refractivity contribution in [2.45, 2.75) is 6.42 Å². The third kappa shape index (κ3) is 3.32. The summed E-state index contributed by atoms with van der Waals surface area (Å²) in [5.41, 5.74) is 5.77. The van der Waals surface area contributed by atoms with E-state index in [4.69, 9.17) is 10.5 Å². The Morgan fingerprint density at radius 3 is 2.30 bits per heavy atom. The quantitative estimate of drug-likeness (QED) is 0.902. The van der Waals surface area contributed by atoms with Crippen molar-refractivity contribution in [3.8, 4) is 11.5 Å². The van der Waals surface area contributed by atoms with Crippen molar-refractivity contribution in [3.63, 3.8) is 0 Å². The van der Waals surface area contributed by atoms with Crippen LogP contribution in [0.5, 0.6) is 11.5 Å². The molecular formula is C14H11BrF3NO. The molecule has 2 aromatic carbocycles. The first-order chi connectivity index (χ1) is 9.51. The summed E-state index contributed by atoms with van der Waals surface area (Å²) in [4.78, 5) is 0. The Kier molecular flexibility index (Phi) is 4.67. The summed E-state index contributed by atoms with van der Waals surface area (Å²) >= 11 is 3.12. The number of rotatable bonds is 4. The molecule has 0 atom stereocenters. The molecule has 2 aromatic rings. The van der Waals surface area contributed by atoms with Gasteiger partial charge in [0, 0.05) is 6.07 Å². The Balaban J connectivity index is 2.36. The van der Waals surface area contributed by atoms with E-state index >= 15 is 0 Å². The molecule has 0 saturated heterocycles. The maximum atomic E-state index is 13.8. The molecule has 0 spiro atoms. The van der Waals surface area contributed by atoms with Gasteiger partial charge in [0.1, 0.15) is 11.6 Å². The first-order valence-corrected chi connectivity index (χ1v) is 6.61. The van der Waals surface area contributed by atoms with Crippen molar-refractivity contribution < 1.29 is 17.9 Å². The zero-order chi connectivity index (χ0) is 14.7. The Morgan fingerprint density at radius 1 is 1.05 bits per heavy atom. The molecule has 0 aliphatic carbocycles. The largest absolute Gasteiger partial charge is 0.450 e. The second kappa shape index (κ2) is 6.28. The second-order valence-corrected chi connectivity index (χ2v) is 4.96. The minimum Gasteiger partial charge on any atom is -0.450 e. The van der Waals surface area contributed by atoms with Crippen molar-refractivity contribution in [2.24, 2.45) is 5.73 Å². The van der Waals surface area contributed by atoms with Crippen LogP contribution in [0.2, 0.25) is 0 Å². The predicted molar refractivity (Wildman–Crippen MR) is 73.3 cm³/mol. The maximum Gasteiger partial charge on any atom is 0.198 e. The van der Waals surface area contributed by atoms with Crippen LogP contribution < -0.4 is 10.5 Å². The van der Waals surface area contributed by atoms with E-state index < -0.39 is 23.2 Å². The van der Waals surface area contributed by atoms with Gasteiger partial charge in [0.05, 0.1) is 4.47 Å². The SMILES string of the molecule is NCCc1cc(F)c(Oc2cc(F)ccc2Br)c(F)c1. The molecule has 2 nitrogen and oxygen atoms in total. The van der Waals surface area contributed by atoms with E-state index in [-0.39, 0.29) is 12.3 Å². The number of benzene rings is 2. The Bertz CT molecular complexity index is 611. The van der Waals surface area contributed by atoms with Crippen molar-refractivity contribution in [1.29, 1.82) is 0 Å². The predicted octanol–water partition coefficient (Wildman–Crippen LogP) is 4.16. The van der Waals surface area contributed by atoms with Gasteiger partial charge in [-0.25, -0.2) is 13.2 Å². The van der Waals surface area contributed by atoms with Gasteiger partial charge in [-0.3, -0.25) is 0 Å². The highest BCUT2D eigenvalue weighted by atomic mass is 79.9. The highest BCUT2D eigenvalue weighted by molar-refractivity contribution is 9.10. The van der Waals surface area contributed by atoms with Gasteiger partial charge < -0.3 is 10.5 Å². The molecule has 2 rings (SSSR count). The van der Waals surface area contributed by atoms with E-state index in [1.165, 1.54) is 12.1 Å². The number of halogens is 4. The highest BCUT2D eigenvalue weighted by Gasteiger charge is 2.15. The van der Waals surface area contributed by atoms with Crippen LogP contribution in [0.3, 0.4) is 0 Å². The van der Waals surface area contributed by atoms with E-state index in [1.807, 2.05) is 0 Å². The van der Waals surface area contributed by atoms with E-state index in [2.05, 4.69) is 15.9 Å². The zero-order valence-electron chi connectivity index (χ0n) is 10.3. The summed E-state index contributed by atoms with van der Waals surface area (Å²) in [5.74, 6) is -2.86. The summed E-state index contributed by atoms with van der Waals surface area (Å²) in [5, 5.41) is 0. The molecule has 0 radical (unpaired) electrons. The normalized spacial score (nSPS) is 10.7. The van der Waals surface area contributed by atoms with E-state index in [1.54, 1.807) is 0 Å².